The van der Waals surface area contributed by atoms with Gasteiger partial charge in [0.1, 0.15) is 6.61 Å². The molecule has 7 nitrogen and oxygen atoms in total. The van der Waals surface area contributed by atoms with E-state index < -0.39 is 23.0 Å². The number of carboxylic acid groups (broad SMARTS) is 1. The van der Waals surface area contributed by atoms with Crippen LogP contribution < -0.4 is 10.6 Å². The van der Waals surface area contributed by atoms with E-state index in [0.717, 1.165) is 17.5 Å². The summed E-state index contributed by atoms with van der Waals surface area (Å²) in [4.78, 5) is 36.4. The van der Waals surface area contributed by atoms with E-state index >= 15 is 0 Å². The Balaban J connectivity index is 1.31. The van der Waals surface area contributed by atoms with Gasteiger partial charge in [0, 0.05) is 18.9 Å². The van der Waals surface area contributed by atoms with Gasteiger partial charge in [-0.1, -0.05) is 48.5 Å². The lowest BCUT2D eigenvalue weighted by atomic mass is 9.74. The molecule has 0 spiro atoms. The molecule has 34 heavy (non-hydrogen) atoms. The predicted octanol–water partition coefficient (Wildman–Crippen LogP) is 4.46. The number of benzene rings is 2. The van der Waals surface area contributed by atoms with Crippen LogP contribution in [-0.2, 0) is 14.3 Å². The molecule has 0 saturated heterocycles. The number of aliphatic carboxylic acids is 1. The minimum absolute atomic E-state index is 0.0172. The van der Waals surface area contributed by atoms with Crippen LogP contribution in [0.3, 0.4) is 0 Å². The molecule has 180 valence electrons. The van der Waals surface area contributed by atoms with Crippen LogP contribution in [0.1, 0.15) is 63.0 Å². The summed E-state index contributed by atoms with van der Waals surface area (Å²) >= 11 is 0. The molecule has 0 bridgehead atoms. The summed E-state index contributed by atoms with van der Waals surface area (Å²) in [6.45, 7) is 3.77. The number of rotatable bonds is 9. The first kappa shape index (κ1) is 23.8. The second kappa shape index (κ2) is 9.49. The first-order chi connectivity index (χ1) is 16.2. The van der Waals surface area contributed by atoms with Crippen LogP contribution in [-0.4, -0.2) is 41.8 Å². The SMILES string of the molecule is CC(C)(CCNC(=O)CC1(NC(=O)OCC2c3ccccc3-c3ccccc32)CCC1)C(=O)O. The molecule has 2 aliphatic carbocycles. The normalized spacial score (nSPS) is 16.1. The van der Waals surface area contributed by atoms with Gasteiger partial charge >= 0.3 is 12.1 Å². The molecule has 0 aliphatic heterocycles. The average molecular weight is 465 g/mol. The van der Waals surface area contributed by atoms with E-state index in [0.29, 0.717) is 19.3 Å². The van der Waals surface area contributed by atoms with Gasteiger partial charge in [-0.3, -0.25) is 9.59 Å². The molecule has 0 radical (unpaired) electrons. The lowest BCUT2D eigenvalue weighted by Gasteiger charge is -2.41. The van der Waals surface area contributed by atoms with Crippen molar-refractivity contribution in [2.45, 2.75) is 57.4 Å². The number of ether oxygens (including phenoxy) is 1. The van der Waals surface area contributed by atoms with Gasteiger partial charge in [0.15, 0.2) is 0 Å². The van der Waals surface area contributed by atoms with Crippen LogP contribution >= 0.6 is 0 Å². The maximum atomic E-state index is 12.7. The van der Waals surface area contributed by atoms with Crippen molar-refractivity contribution in [2.75, 3.05) is 13.2 Å². The van der Waals surface area contributed by atoms with Gasteiger partial charge in [0.2, 0.25) is 5.91 Å². The second-order valence-electron chi connectivity index (χ2n) is 10.1. The molecular formula is C27H32N2O5. The summed E-state index contributed by atoms with van der Waals surface area (Å²) in [6.07, 6.45) is 2.34. The van der Waals surface area contributed by atoms with Crippen molar-refractivity contribution in [3.8, 4) is 11.1 Å². The lowest BCUT2D eigenvalue weighted by molar-refractivity contribution is -0.147. The van der Waals surface area contributed by atoms with E-state index in [1.54, 1.807) is 13.8 Å². The van der Waals surface area contributed by atoms with Gasteiger partial charge in [-0.05, 0) is 61.8 Å². The van der Waals surface area contributed by atoms with Gasteiger partial charge < -0.3 is 20.5 Å². The second-order valence-corrected chi connectivity index (χ2v) is 10.1. The molecule has 3 N–H and O–H groups in total. The van der Waals surface area contributed by atoms with Crippen molar-refractivity contribution in [3.63, 3.8) is 0 Å². The smallest absolute Gasteiger partial charge is 0.407 e. The molecule has 0 unspecified atom stereocenters. The fourth-order valence-corrected chi connectivity index (χ4v) is 4.79. The van der Waals surface area contributed by atoms with E-state index in [4.69, 9.17) is 4.74 Å². The Kier molecular flexibility index (Phi) is 6.64. The molecule has 4 rings (SSSR count). The summed E-state index contributed by atoms with van der Waals surface area (Å²) in [7, 11) is 0. The third-order valence-electron chi connectivity index (χ3n) is 7.17. The van der Waals surface area contributed by atoms with Crippen molar-refractivity contribution < 1.29 is 24.2 Å². The average Bonchev–Trinajstić information content (AvgIpc) is 3.10. The molecule has 2 aromatic carbocycles. The molecule has 2 amide bonds. The predicted molar refractivity (Wildman–Crippen MR) is 128 cm³/mol. The quantitative estimate of drug-likeness (QED) is 0.508. The summed E-state index contributed by atoms with van der Waals surface area (Å²) in [6, 6.07) is 16.4. The fraction of sp³-hybridized carbons (Fsp3) is 0.444. The standard InChI is InChI=1S/C27H32N2O5/c1-26(2,24(31)32)14-15-28-23(30)16-27(12-7-13-27)29-25(33)34-17-22-20-10-5-3-8-18(20)19-9-4-6-11-21(19)22/h3-6,8-11,22H,7,12-17H2,1-2H3,(H,28,30)(H,29,33)(H,31,32). The molecular weight excluding hydrogens is 432 g/mol. The van der Waals surface area contributed by atoms with Crippen LogP contribution in [0.15, 0.2) is 48.5 Å². The van der Waals surface area contributed by atoms with Crippen molar-refractivity contribution in [1.29, 1.82) is 0 Å². The van der Waals surface area contributed by atoms with Crippen molar-refractivity contribution in [3.05, 3.63) is 59.7 Å². The van der Waals surface area contributed by atoms with Crippen LogP contribution in [0.4, 0.5) is 4.79 Å². The Morgan fingerprint density at radius 2 is 1.62 bits per heavy atom. The molecule has 7 heteroatoms. The maximum absolute atomic E-state index is 12.7. The van der Waals surface area contributed by atoms with E-state index in [1.165, 1.54) is 11.1 Å². The maximum Gasteiger partial charge on any atom is 0.407 e. The highest BCUT2D eigenvalue weighted by molar-refractivity contribution is 5.80. The number of carbonyl (C=O) groups is 3. The molecule has 2 aliphatic rings. The summed E-state index contributed by atoms with van der Waals surface area (Å²) in [5.41, 5.74) is 3.14. The number of amides is 2. The fourth-order valence-electron chi connectivity index (χ4n) is 4.79. The Hall–Kier alpha value is -3.35. The zero-order valence-electron chi connectivity index (χ0n) is 19.7. The summed E-state index contributed by atoms with van der Waals surface area (Å²) < 4.78 is 5.66. The largest absolute Gasteiger partial charge is 0.481 e. The number of carboxylic acids is 1. The Bertz CT molecular complexity index is 1040. The molecule has 0 aromatic heterocycles. The number of fused-ring (bicyclic) bond motifs is 3. The zero-order valence-corrected chi connectivity index (χ0v) is 19.7. The third kappa shape index (κ3) is 4.93. The molecule has 1 fully saturated rings. The Morgan fingerprint density at radius 1 is 1.03 bits per heavy atom. The monoisotopic (exact) mass is 464 g/mol. The van der Waals surface area contributed by atoms with Crippen LogP contribution in [0.25, 0.3) is 11.1 Å². The van der Waals surface area contributed by atoms with E-state index in [2.05, 4.69) is 34.9 Å². The van der Waals surface area contributed by atoms with Crippen molar-refractivity contribution in [2.24, 2.45) is 5.41 Å². The highest BCUT2D eigenvalue weighted by Gasteiger charge is 2.41. The minimum atomic E-state index is -0.902. The number of hydrogen-bond acceptors (Lipinski definition) is 4. The Morgan fingerprint density at radius 3 is 2.15 bits per heavy atom. The lowest BCUT2D eigenvalue weighted by Crippen LogP contribution is -2.56. The molecule has 0 heterocycles. The van der Waals surface area contributed by atoms with Crippen LogP contribution in [0.5, 0.6) is 0 Å². The minimum Gasteiger partial charge on any atom is -0.481 e. The molecule has 0 atom stereocenters. The number of carbonyl (C=O) groups excluding carboxylic acids is 2. The van der Waals surface area contributed by atoms with E-state index in [1.807, 2.05) is 24.3 Å². The highest BCUT2D eigenvalue weighted by atomic mass is 16.5. The van der Waals surface area contributed by atoms with Crippen molar-refractivity contribution in [1.82, 2.24) is 10.6 Å². The van der Waals surface area contributed by atoms with Gasteiger partial charge in [-0.15, -0.1) is 0 Å². The highest BCUT2D eigenvalue weighted by Crippen LogP contribution is 2.44. The molecule has 1 saturated carbocycles. The topological polar surface area (TPSA) is 105 Å². The summed E-state index contributed by atoms with van der Waals surface area (Å²) in [5, 5.41) is 14.9. The van der Waals surface area contributed by atoms with Gasteiger partial charge in [-0.25, -0.2) is 4.79 Å². The summed E-state index contributed by atoms with van der Waals surface area (Å²) in [5.74, 6) is -1.11. The third-order valence-corrected chi connectivity index (χ3v) is 7.17. The van der Waals surface area contributed by atoms with Gasteiger partial charge in [0.25, 0.3) is 0 Å². The van der Waals surface area contributed by atoms with E-state index in [-0.39, 0.29) is 31.4 Å². The zero-order chi connectivity index (χ0) is 24.3. The number of nitrogens with one attached hydrogen (secondary N) is 2. The van der Waals surface area contributed by atoms with Crippen LogP contribution in [0, 0.1) is 5.41 Å². The van der Waals surface area contributed by atoms with Gasteiger partial charge in [-0.2, -0.15) is 0 Å². The van der Waals surface area contributed by atoms with Crippen LogP contribution in [0.2, 0.25) is 0 Å². The number of alkyl carbamates (subject to hydrolysis) is 1. The van der Waals surface area contributed by atoms with Gasteiger partial charge in [0.05, 0.1) is 11.0 Å². The first-order valence-electron chi connectivity index (χ1n) is 11.8. The number of hydrogen-bond donors (Lipinski definition) is 3. The Labute approximate surface area is 199 Å². The first-order valence-corrected chi connectivity index (χ1v) is 11.8. The van der Waals surface area contributed by atoms with E-state index in [9.17, 15) is 19.5 Å². The molecule has 2 aromatic rings. The van der Waals surface area contributed by atoms with Crippen molar-refractivity contribution >= 4 is 18.0 Å².